The van der Waals surface area contributed by atoms with E-state index < -0.39 is 5.60 Å². The van der Waals surface area contributed by atoms with Crippen molar-refractivity contribution in [1.29, 1.82) is 0 Å². The standard InChI is InChI=1S/C16H30N2O5/c1-6-22-14(19)7-8-17-9-10-18(11-13(17)12-21-5)15(20)23-16(2,3)4/h13H,6-12H2,1-5H3/t13-/m1/s1. The van der Waals surface area contributed by atoms with Gasteiger partial charge in [0.25, 0.3) is 0 Å². The third kappa shape index (κ3) is 7.18. The molecule has 0 saturated carbocycles. The van der Waals surface area contributed by atoms with Crippen molar-refractivity contribution in [2.45, 2.75) is 45.8 Å². The van der Waals surface area contributed by atoms with Gasteiger partial charge < -0.3 is 19.1 Å². The number of carbonyl (C=O) groups is 2. The number of hydrogen-bond donors (Lipinski definition) is 0. The van der Waals surface area contributed by atoms with E-state index in [1.54, 1.807) is 18.9 Å². The zero-order valence-corrected chi connectivity index (χ0v) is 15.0. The minimum atomic E-state index is -0.505. The fraction of sp³-hybridized carbons (Fsp3) is 0.875. The molecule has 0 unspecified atom stereocenters. The van der Waals surface area contributed by atoms with Gasteiger partial charge in [-0.25, -0.2) is 4.79 Å². The lowest BCUT2D eigenvalue weighted by Crippen LogP contribution is -2.57. The minimum absolute atomic E-state index is 0.0516. The normalized spacial score (nSPS) is 19.5. The molecule has 0 aliphatic carbocycles. The summed E-state index contributed by atoms with van der Waals surface area (Å²) in [6.07, 6.45) is 0.0455. The zero-order chi connectivity index (χ0) is 17.5. The maximum Gasteiger partial charge on any atom is 0.410 e. The molecule has 0 aromatic heterocycles. The van der Waals surface area contributed by atoms with E-state index in [1.807, 2.05) is 20.8 Å². The van der Waals surface area contributed by atoms with Crippen LogP contribution in [0.5, 0.6) is 0 Å². The first-order valence-electron chi connectivity index (χ1n) is 8.13. The average Bonchev–Trinajstić information content (AvgIpc) is 2.44. The lowest BCUT2D eigenvalue weighted by Gasteiger charge is -2.41. The molecule has 1 atom stereocenters. The van der Waals surface area contributed by atoms with Crippen molar-refractivity contribution in [2.75, 3.05) is 46.5 Å². The molecule has 1 rings (SSSR count). The van der Waals surface area contributed by atoms with Gasteiger partial charge in [-0.05, 0) is 27.7 Å². The van der Waals surface area contributed by atoms with Crippen LogP contribution in [-0.2, 0) is 19.0 Å². The molecule has 1 heterocycles. The summed E-state index contributed by atoms with van der Waals surface area (Å²) in [5.41, 5.74) is -0.505. The zero-order valence-electron chi connectivity index (χ0n) is 15.0. The minimum Gasteiger partial charge on any atom is -0.466 e. The summed E-state index contributed by atoms with van der Waals surface area (Å²) in [7, 11) is 1.63. The van der Waals surface area contributed by atoms with Crippen molar-refractivity contribution in [3.05, 3.63) is 0 Å². The highest BCUT2D eigenvalue weighted by molar-refractivity contribution is 5.69. The molecular formula is C16H30N2O5. The molecule has 134 valence electrons. The number of hydrogen-bond acceptors (Lipinski definition) is 6. The van der Waals surface area contributed by atoms with Crippen molar-refractivity contribution in [2.24, 2.45) is 0 Å². The number of methoxy groups -OCH3 is 1. The molecule has 1 saturated heterocycles. The van der Waals surface area contributed by atoms with Crippen molar-refractivity contribution < 1.29 is 23.8 Å². The van der Waals surface area contributed by atoms with Crippen LogP contribution >= 0.6 is 0 Å². The Balaban J connectivity index is 2.56. The van der Waals surface area contributed by atoms with Gasteiger partial charge in [0.1, 0.15) is 5.60 Å². The number of ether oxygens (including phenoxy) is 3. The Kier molecular flexibility index (Phi) is 7.78. The molecule has 1 aliphatic rings. The van der Waals surface area contributed by atoms with E-state index in [4.69, 9.17) is 14.2 Å². The lowest BCUT2D eigenvalue weighted by molar-refractivity contribution is -0.143. The first kappa shape index (κ1) is 19.7. The van der Waals surface area contributed by atoms with Crippen molar-refractivity contribution >= 4 is 12.1 Å². The van der Waals surface area contributed by atoms with Crippen LogP contribution in [0.1, 0.15) is 34.1 Å². The van der Waals surface area contributed by atoms with Gasteiger partial charge in [-0.2, -0.15) is 0 Å². The van der Waals surface area contributed by atoms with E-state index in [2.05, 4.69) is 4.90 Å². The molecule has 0 bridgehead atoms. The number of carbonyl (C=O) groups excluding carboxylic acids is 2. The van der Waals surface area contributed by atoms with Gasteiger partial charge >= 0.3 is 12.1 Å². The molecule has 7 nitrogen and oxygen atoms in total. The molecule has 0 radical (unpaired) electrons. The van der Waals surface area contributed by atoms with Crippen LogP contribution in [0.25, 0.3) is 0 Å². The van der Waals surface area contributed by atoms with Gasteiger partial charge in [0.15, 0.2) is 0 Å². The van der Waals surface area contributed by atoms with Crippen molar-refractivity contribution in [1.82, 2.24) is 9.80 Å². The summed E-state index contributed by atoms with van der Waals surface area (Å²) < 4.78 is 15.6. The van der Waals surface area contributed by atoms with E-state index >= 15 is 0 Å². The lowest BCUT2D eigenvalue weighted by atomic mass is 10.1. The summed E-state index contributed by atoms with van der Waals surface area (Å²) in [6.45, 7) is 10.7. The SMILES string of the molecule is CCOC(=O)CCN1CCN(C(=O)OC(C)(C)C)C[C@@H]1COC. The van der Waals surface area contributed by atoms with E-state index in [9.17, 15) is 9.59 Å². The van der Waals surface area contributed by atoms with Crippen LogP contribution < -0.4 is 0 Å². The molecule has 0 aromatic carbocycles. The predicted octanol–water partition coefficient (Wildman–Crippen LogP) is 1.51. The van der Waals surface area contributed by atoms with Crippen LogP contribution in [-0.4, -0.2) is 80.0 Å². The largest absolute Gasteiger partial charge is 0.466 e. The number of esters is 1. The fourth-order valence-corrected chi connectivity index (χ4v) is 2.50. The maximum absolute atomic E-state index is 12.2. The highest BCUT2D eigenvalue weighted by Crippen LogP contribution is 2.15. The van der Waals surface area contributed by atoms with Crippen molar-refractivity contribution in [3.8, 4) is 0 Å². The number of rotatable bonds is 6. The van der Waals surface area contributed by atoms with E-state index in [-0.39, 0.29) is 18.1 Å². The first-order valence-corrected chi connectivity index (χ1v) is 8.13. The van der Waals surface area contributed by atoms with Gasteiger partial charge in [0, 0.05) is 33.3 Å². The highest BCUT2D eigenvalue weighted by Gasteiger charge is 2.32. The van der Waals surface area contributed by atoms with Crippen LogP contribution in [0.15, 0.2) is 0 Å². The topological polar surface area (TPSA) is 68.3 Å². The third-order valence-electron chi connectivity index (χ3n) is 3.52. The Hall–Kier alpha value is -1.34. The number of amides is 1. The molecule has 7 heteroatoms. The number of piperazine rings is 1. The maximum atomic E-state index is 12.2. The van der Waals surface area contributed by atoms with Crippen molar-refractivity contribution in [3.63, 3.8) is 0 Å². The smallest absolute Gasteiger partial charge is 0.410 e. The average molecular weight is 330 g/mol. The monoisotopic (exact) mass is 330 g/mol. The Morgan fingerprint density at radius 3 is 2.48 bits per heavy atom. The van der Waals surface area contributed by atoms with E-state index in [1.165, 1.54) is 0 Å². The van der Waals surface area contributed by atoms with Gasteiger partial charge in [0.05, 0.1) is 25.7 Å². The first-order chi connectivity index (χ1) is 10.8. The second-order valence-electron chi connectivity index (χ2n) is 6.63. The Morgan fingerprint density at radius 2 is 1.91 bits per heavy atom. The Labute approximate surface area is 138 Å². The predicted molar refractivity (Wildman–Crippen MR) is 86.3 cm³/mol. The molecule has 1 aliphatic heterocycles. The summed E-state index contributed by atoms with van der Waals surface area (Å²) in [4.78, 5) is 27.6. The second-order valence-corrected chi connectivity index (χ2v) is 6.63. The Bertz CT molecular complexity index is 394. The highest BCUT2D eigenvalue weighted by atomic mass is 16.6. The summed E-state index contributed by atoms with van der Waals surface area (Å²) in [5.74, 6) is -0.196. The Morgan fingerprint density at radius 1 is 1.22 bits per heavy atom. The van der Waals surface area contributed by atoms with Crippen LogP contribution in [0.2, 0.25) is 0 Å². The second kappa shape index (κ2) is 9.08. The van der Waals surface area contributed by atoms with Gasteiger partial charge in [-0.15, -0.1) is 0 Å². The van der Waals surface area contributed by atoms with E-state index in [0.29, 0.717) is 45.8 Å². The summed E-state index contributed by atoms with van der Waals surface area (Å²) in [6, 6.07) is 0.0516. The summed E-state index contributed by atoms with van der Waals surface area (Å²) in [5, 5.41) is 0. The van der Waals surface area contributed by atoms with E-state index in [0.717, 1.165) is 0 Å². The molecule has 0 N–H and O–H groups in total. The molecule has 1 fully saturated rings. The fourth-order valence-electron chi connectivity index (χ4n) is 2.50. The molecule has 23 heavy (non-hydrogen) atoms. The molecule has 0 spiro atoms. The number of nitrogens with zero attached hydrogens (tertiary/aromatic N) is 2. The van der Waals surface area contributed by atoms with Gasteiger partial charge in [-0.3, -0.25) is 9.69 Å². The van der Waals surface area contributed by atoms with Crippen LogP contribution in [0.3, 0.4) is 0 Å². The van der Waals surface area contributed by atoms with Gasteiger partial charge in [-0.1, -0.05) is 0 Å². The van der Waals surface area contributed by atoms with Gasteiger partial charge in [0.2, 0.25) is 0 Å². The quantitative estimate of drug-likeness (QED) is 0.688. The molecule has 1 amide bonds. The third-order valence-corrected chi connectivity index (χ3v) is 3.52. The van der Waals surface area contributed by atoms with Crippen LogP contribution in [0, 0.1) is 0 Å². The molecular weight excluding hydrogens is 300 g/mol. The molecule has 0 aromatic rings. The van der Waals surface area contributed by atoms with Crippen LogP contribution in [0.4, 0.5) is 4.79 Å². The summed E-state index contributed by atoms with van der Waals surface area (Å²) >= 11 is 0.